The van der Waals surface area contributed by atoms with Gasteiger partial charge in [-0.1, -0.05) is 6.07 Å². The summed E-state index contributed by atoms with van der Waals surface area (Å²) in [6.45, 7) is -0.0416. The van der Waals surface area contributed by atoms with Crippen LogP contribution in [-0.4, -0.2) is 28.6 Å². The van der Waals surface area contributed by atoms with Gasteiger partial charge in [0.2, 0.25) is 5.88 Å². The monoisotopic (exact) mass is 185 g/mol. The molecule has 0 bridgehead atoms. The average Bonchev–Trinajstić information content (AvgIpc) is 2.16. The van der Waals surface area contributed by atoms with Crippen molar-refractivity contribution in [3.05, 3.63) is 24.4 Å². The molecule has 0 spiro atoms. The average molecular weight is 185 g/mol. The summed E-state index contributed by atoms with van der Waals surface area (Å²) in [5.74, 6) is 0.998. The van der Waals surface area contributed by atoms with Crippen LogP contribution in [0.3, 0.4) is 0 Å². The highest BCUT2D eigenvalue weighted by molar-refractivity contribution is 7.80. The van der Waals surface area contributed by atoms with Crippen LogP contribution in [-0.2, 0) is 0 Å². The molecule has 0 amide bonds. The summed E-state index contributed by atoms with van der Waals surface area (Å²) in [5, 5.41) is 8.79. The maximum absolute atomic E-state index is 8.79. The highest BCUT2D eigenvalue weighted by Crippen LogP contribution is 2.06. The van der Waals surface area contributed by atoms with E-state index in [1.807, 2.05) is 12.1 Å². The molecule has 0 aliphatic carbocycles. The summed E-state index contributed by atoms with van der Waals surface area (Å²) in [7, 11) is 0. The minimum absolute atomic E-state index is 0.0416. The Hall–Kier alpha value is -0.740. The lowest BCUT2D eigenvalue weighted by molar-refractivity contribution is 0.129. The first-order valence-corrected chi connectivity index (χ1v) is 4.29. The van der Waals surface area contributed by atoms with Gasteiger partial charge in [0.15, 0.2) is 0 Å². The van der Waals surface area contributed by atoms with E-state index in [4.69, 9.17) is 9.84 Å². The number of ether oxygens (including phenoxy) is 1. The summed E-state index contributed by atoms with van der Waals surface area (Å²) >= 11 is 4.01. The van der Waals surface area contributed by atoms with E-state index in [0.29, 0.717) is 11.6 Å². The largest absolute Gasteiger partial charge is 0.471 e. The molecule has 0 aliphatic rings. The Morgan fingerprint density at radius 1 is 1.58 bits per heavy atom. The predicted octanol–water partition coefficient (Wildman–Crippen LogP) is 0.751. The standard InChI is InChI=1S/C8H11NO2S/c10-5-7(6-12)11-8-3-1-2-4-9-8/h1-4,7,10,12H,5-6H2. The topological polar surface area (TPSA) is 42.4 Å². The van der Waals surface area contributed by atoms with Gasteiger partial charge in [-0.2, -0.15) is 12.6 Å². The van der Waals surface area contributed by atoms with Crippen molar-refractivity contribution in [2.75, 3.05) is 12.4 Å². The number of pyridine rings is 1. The van der Waals surface area contributed by atoms with E-state index < -0.39 is 0 Å². The van der Waals surface area contributed by atoms with E-state index in [2.05, 4.69) is 17.6 Å². The van der Waals surface area contributed by atoms with Crippen LogP contribution < -0.4 is 4.74 Å². The molecule has 0 aliphatic heterocycles. The third-order valence-corrected chi connectivity index (χ3v) is 1.74. The van der Waals surface area contributed by atoms with Gasteiger partial charge in [-0.3, -0.25) is 0 Å². The lowest BCUT2D eigenvalue weighted by atomic mass is 10.4. The minimum Gasteiger partial charge on any atom is -0.471 e. The van der Waals surface area contributed by atoms with Gasteiger partial charge in [0.05, 0.1) is 6.61 Å². The molecule has 1 aromatic rings. The van der Waals surface area contributed by atoms with Gasteiger partial charge in [0, 0.05) is 18.0 Å². The van der Waals surface area contributed by atoms with Crippen molar-refractivity contribution in [1.29, 1.82) is 0 Å². The number of nitrogens with zero attached hydrogens (tertiary/aromatic N) is 1. The number of hydrogen-bond acceptors (Lipinski definition) is 4. The summed E-state index contributed by atoms with van der Waals surface area (Å²) < 4.78 is 5.28. The molecule has 0 saturated carbocycles. The first-order chi connectivity index (χ1) is 5.86. The molecule has 0 fully saturated rings. The van der Waals surface area contributed by atoms with Crippen molar-refractivity contribution in [1.82, 2.24) is 4.98 Å². The highest BCUT2D eigenvalue weighted by atomic mass is 32.1. The van der Waals surface area contributed by atoms with Gasteiger partial charge >= 0.3 is 0 Å². The molecule has 0 radical (unpaired) electrons. The van der Waals surface area contributed by atoms with Crippen molar-refractivity contribution in [3.63, 3.8) is 0 Å². The predicted molar refractivity (Wildman–Crippen MR) is 49.6 cm³/mol. The van der Waals surface area contributed by atoms with E-state index in [0.717, 1.165) is 0 Å². The zero-order valence-corrected chi connectivity index (χ0v) is 7.45. The Kier molecular flexibility index (Phi) is 3.90. The van der Waals surface area contributed by atoms with Crippen LogP contribution in [0.15, 0.2) is 24.4 Å². The summed E-state index contributed by atoms with van der Waals surface area (Å²) in [6.07, 6.45) is 1.37. The minimum atomic E-state index is -0.275. The molecule has 0 saturated heterocycles. The number of rotatable bonds is 4. The van der Waals surface area contributed by atoms with Gasteiger partial charge in [0.1, 0.15) is 6.10 Å². The molecule has 1 rings (SSSR count). The molecule has 12 heavy (non-hydrogen) atoms. The maximum Gasteiger partial charge on any atom is 0.213 e. The smallest absolute Gasteiger partial charge is 0.213 e. The van der Waals surface area contributed by atoms with Crippen LogP contribution in [0.25, 0.3) is 0 Å². The van der Waals surface area contributed by atoms with Crippen LogP contribution in [0.2, 0.25) is 0 Å². The Labute approximate surface area is 76.8 Å². The van der Waals surface area contributed by atoms with Crippen molar-refractivity contribution in [2.24, 2.45) is 0 Å². The molecule has 4 heteroatoms. The molecule has 66 valence electrons. The SMILES string of the molecule is OCC(CS)Oc1ccccn1. The molecule has 1 heterocycles. The maximum atomic E-state index is 8.79. The zero-order chi connectivity index (χ0) is 8.81. The Bertz CT molecular complexity index is 214. The van der Waals surface area contributed by atoms with Gasteiger partial charge < -0.3 is 9.84 Å². The van der Waals surface area contributed by atoms with Crippen LogP contribution in [0.1, 0.15) is 0 Å². The van der Waals surface area contributed by atoms with E-state index in [-0.39, 0.29) is 12.7 Å². The van der Waals surface area contributed by atoms with Gasteiger partial charge in [-0.15, -0.1) is 0 Å². The van der Waals surface area contributed by atoms with Gasteiger partial charge in [-0.05, 0) is 6.07 Å². The number of hydrogen-bond donors (Lipinski definition) is 2. The Balaban J connectivity index is 2.51. The first-order valence-electron chi connectivity index (χ1n) is 3.66. The van der Waals surface area contributed by atoms with Crippen molar-refractivity contribution in [3.8, 4) is 5.88 Å². The molecular formula is C8H11NO2S. The van der Waals surface area contributed by atoms with Crippen LogP contribution in [0, 0.1) is 0 Å². The second-order valence-electron chi connectivity index (χ2n) is 2.27. The van der Waals surface area contributed by atoms with E-state index in [1.54, 1.807) is 12.3 Å². The quantitative estimate of drug-likeness (QED) is 0.680. The normalized spacial score (nSPS) is 12.5. The Morgan fingerprint density at radius 2 is 2.42 bits per heavy atom. The van der Waals surface area contributed by atoms with E-state index in [1.165, 1.54) is 0 Å². The number of aromatic nitrogens is 1. The number of thiol groups is 1. The molecular weight excluding hydrogens is 174 g/mol. The van der Waals surface area contributed by atoms with Crippen molar-refractivity contribution >= 4 is 12.6 Å². The lowest BCUT2D eigenvalue weighted by Gasteiger charge is -2.12. The number of aliphatic hydroxyl groups is 1. The Morgan fingerprint density at radius 3 is 2.92 bits per heavy atom. The summed E-state index contributed by atoms with van der Waals surface area (Å²) in [4.78, 5) is 3.95. The van der Waals surface area contributed by atoms with Crippen LogP contribution in [0.4, 0.5) is 0 Å². The number of aliphatic hydroxyl groups excluding tert-OH is 1. The van der Waals surface area contributed by atoms with Crippen LogP contribution in [0.5, 0.6) is 5.88 Å². The van der Waals surface area contributed by atoms with E-state index >= 15 is 0 Å². The van der Waals surface area contributed by atoms with E-state index in [9.17, 15) is 0 Å². The third kappa shape index (κ3) is 2.71. The summed E-state index contributed by atoms with van der Waals surface area (Å²) in [5.41, 5.74) is 0. The fraction of sp³-hybridized carbons (Fsp3) is 0.375. The fourth-order valence-corrected chi connectivity index (χ4v) is 0.910. The van der Waals surface area contributed by atoms with Gasteiger partial charge in [0.25, 0.3) is 0 Å². The second kappa shape index (κ2) is 5.00. The molecule has 1 unspecified atom stereocenters. The molecule has 1 atom stereocenters. The van der Waals surface area contributed by atoms with Gasteiger partial charge in [-0.25, -0.2) is 4.98 Å². The third-order valence-electron chi connectivity index (χ3n) is 1.33. The molecule has 1 aromatic heterocycles. The molecule has 3 nitrogen and oxygen atoms in total. The molecule has 1 N–H and O–H groups in total. The van der Waals surface area contributed by atoms with Crippen LogP contribution >= 0.6 is 12.6 Å². The van der Waals surface area contributed by atoms with Crippen molar-refractivity contribution in [2.45, 2.75) is 6.10 Å². The molecule has 0 aromatic carbocycles. The summed E-state index contributed by atoms with van der Waals surface area (Å²) in [6, 6.07) is 5.38. The zero-order valence-electron chi connectivity index (χ0n) is 6.55. The highest BCUT2D eigenvalue weighted by Gasteiger charge is 2.06. The fourth-order valence-electron chi connectivity index (χ4n) is 0.720. The second-order valence-corrected chi connectivity index (χ2v) is 2.64. The first kappa shape index (κ1) is 9.35. The lowest BCUT2D eigenvalue weighted by Crippen LogP contribution is -2.23. The van der Waals surface area contributed by atoms with Crippen molar-refractivity contribution < 1.29 is 9.84 Å².